The summed E-state index contributed by atoms with van der Waals surface area (Å²) in [6.45, 7) is 5.58. The van der Waals surface area contributed by atoms with Crippen LogP contribution in [-0.2, 0) is 30.4 Å². The van der Waals surface area contributed by atoms with Crippen LogP contribution in [0.15, 0.2) is 24.3 Å². The number of ketones is 1. The van der Waals surface area contributed by atoms with Crippen LogP contribution in [0.4, 0.5) is 0 Å². The second-order valence-corrected chi connectivity index (χ2v) is 14.7. The summed E-state index contributed by atoms with van der Waals surface area (Å²) in [5, 5.41) is 11.8. The van der Waals surface area contributed by atoms with Gasteiger partial charge in [0.15, 0.2) is 0 Å². The molecular formula is C32H48N4O6S2. The van der Waals surface area contributed by atoms with E-state index in [1.165, 1.54) is 12.2 Å². The first kappa shape index (κ1) is 35.7. The van der Waals surface area contributed by atoms with Crippen molar-refractivity contribution in [2.45, 2.75) is 108 Å². The molecule has 1 saturated carbocycles. The van der Waals surface area contributed by atoms with Crippen molar-refractivity contribution in [2.75, 3.05) is 19.4 Å². The zero-order valence-corrected chi connectivity index (χ0v) is 28.0. The van der Waals surface area contributed by atoms with Crippen LogP contribution in [0.5, 0.6) is 5.75 Å². The maximum absolute atomic E-state index is 13.7. The van der Waals surface area contributed by atoms with Crippen LogP contribution in [0.1, 0.15) is 84.1 Å². The van der Waals surface area contributed by atoms with Crippen LogP contribution in [0.3, 0.4) is 0 Å². The SMILES string of the molecule is CCNC(=O)C(=O)[C@H](Cc1ccc(OC)cc1)NC(=O)[C@@H](NC(=O)C1(NC(=O)CCCCC2CCSS2)CCCC1)C(C)C. The van der Waals surface area contributed by atoms with Gasteiger partial charge in [0.05, 0.1) is 7.11 Å². The van der Waals surface area contributed by atoms with Crippen LogP contribution in [0.25, 0.3) is 0 Å². The van der Waals surface area contributed by atoms with Crippen LogP contribution in [0.2, 0.25) is 0 Å². The van der Waals surface area contributed by atoms with Gasteiger partial charge in [-0.15, -0.1) is 0 Å². The van der Waals surface area contributed by atoms with Gasteiger partial charge < -0.3 is 26.0 Å². The number of nitrogens with one attached hydrogen (secondary N) is 4. The predicted octanol–water partition coefficient (Wildman–Crippen LogP) is 3.71. The molecule has 3 rings (SSSR count). The fourth-order valence-electron chi connectivity index (χ4n) is 5.63. The second kappa shape index (κ2) is 17.7. The number of ether oxygens (including phenoxy) is 1. The topological polar surface area (TPSA) is 143 Å². The lowest BCUT2D eigenvalue weighted by Crippen LogP contribution is -2.62. The van der Waals surface area contributed by atoms with E-state index in [1.807, 2.05) is 21.6 Å². The molecule has 1 saturated heterocycles. The summed E-state index contributed by atoms with van der Waals surface area (Å²) >= 11 is 0. The summed E-state index contributed by atoms with van der Waals surface area (Å²) in [5.41, 5.74) is -0.339. The fraction of sp³-hybridized carbons (Fsp3) is 0.656. The molecule has 0 bridgehead atoms. The average Bonchev–Trinajstić information content (AvgIpc) is 3.70. The highest BCUT2D eigenvalue weighted by Crippen LogP contribution is 2.40. The third-order valence-corrected chi connectivity index (χ3v) is 11.2. The Kier molecular flexibility index (Phi) is 14.4. The molecule has 244 valence electrons. The van der Waals surface area contributed by atoms with Gasteiger partial charge in [-0.25, -0.2) is 0 Å². The number of likely N-dealkylation sites (N-methyl/N-ethyl adjacent to an activating group) is 1. The molecular weight excluding hydrogens is 601 g/mol. The highest BCUT2D eigenvalue weighted by atomic mass is 33.1. The minimum absolute atomic E-state index is 0.0860. The molecule has 1 aromatic carbocycles. The first-order valence-electron chi connectivity index (χ1n) is 15.7. The zero-order valence-electron chi connectivity index (χ0n) is 26.4. The van der Waals surface area contributed by atoms with E-state index in [0.717, 1.165) is 37.7 Å². The van der Waals surface area contributed by atoms with Gasteiger partial charge in [0.25, 0.3) is 5.91 Å². The van der Waals surface area contributed by atoms with Gasteiger partial charge in [-0.3, -0.25) is 24.0 Å². The summed E-state index contributed by atoms with van der Waals surface area (Å²) < 4.78 is 5.20. The molecule has 1 unspecified atom stereocenters. The summed E-state index contributed by atoms with van der Waals surface area (Å²) in [6.07, 6.45) is 7.13. The molecule has 0 aromatic heterocycles. The summed E-state index contributed by atoms with van der Waals surface area (Å²) in [6, 6.07) is 4.91. The van der Waals surface area contributed by atoms with Gasteiger partial charge in [-0.2, -0.15) is 0 Å². The lowest BCUT2D eigenvalue weighted by Gasteiger charge is -2.32. The molecule has 2 aliphatic rings. The van der Waals surface area contributed by atoms with Crippen molar-refractivity contribution in [2.24, 2.45) is 5.92 Å². The molecule has 4 amide bonds. The summed E-state index contributed by atoms with van der Waals surface area (Å²) in [7, 11) is 5.40. The van der Waals surface area contributed by atoms with E-state index < -0.39 is 41.1 Å². The van der Waals surface area contributed by atoms with Crippen molar-refractivity contribution in [1.29, 1.82) is 0 Å². The van der Waals surface area contributed by atoms with Gasteiger partial charge in [0, 0.05) is 30.4 Å². The number of carbonyl (C=O) groups excluding carboxylic acids is 5. The Balaban J connectivity index is 1.66. The first-order chi connectivity index (χ1) is 21.1. The summed E-state index contributed by atoms with van der Waals surface area (Å²) in [5.74, 6) is -1.14. The molecule has 0 spiro atoms. The number of rotatable bonds is 17. The van der Waals surface area contributed by atoms with E-state index in [9.17, 15) is 24.0 Å². The Hall–Kier alpha value is -2.73. The minimum Gasteiger partial charge on any atom is -0.497 e. The molecule has 1 aromatic rings. The largest absolute Gasteiger partial charge is 0.497 e. The number of carbonyl (C=O) groups is 5. The molecule has 3 atom stereocenters. The smallest absolute Gasteiger partial charge is 0.289 e. The Morgan fingerprint density at radius 1 is 1.02 bits per heavy atom. The van der Waals surface area contributed by atoms with Gasteiger partial charge in [0.2, 0.25) is 23.5 Å². The fourth-order valence-corrected chi connectivity index (χ4v) is 8.65. The number of hydrogen-bond donors (Lipinski definition) is 4. The normalized spacial score (nSPS) is 18.7. The van der Waals surface area contributed by atoms with Crippen molar-refractivity contribution >= 4 is 51.0 Å². The van der Waals surface area contributed by atoms with Crippen molar-refractivity contribution in [1.82, 2.24) is 21.3 Å². The van der Waals surface area contributed by atoms with Crippen molar-refractivity contribution in [3.05, 3.63) is 29.8 Å². The van der Waals surface area contributed by atoms with E-state index >= 15 is 0 Å². The second-order valence-electron chi connectivity index (χ2n) is 11.9. The van der Waals surface area contributed by atoms with Gasteiger partial charge in [0.1, 0.15) is 23.4 Å². The molecule has 1 aliphatic heterocycles. The first-order valence-corrected chi connectivity index (χ1v) is 18.1. The van der Waals surface area contributed by atoms with Crippen LogP contribution < -0.4 is 26.0 Å². The van der Waals surface area contributed by atoms with Crippen molar-refractivity contribution in [3.63, 3.8) is 0 Å². The molecule has 1 heterocycles. The van der Waals surface area contributed by atoms with Crippen molar-refractivity contribution in [3.8, 4) is 5.75 Å². The van der Waals surface area contributed by atoms with Gasteiger partial charge >= 0.3 is 0 Å². The van der Waals surface area contributed by atoms with E-state index in [-0.39, 0.29) is 24.8 Å². The Morgan fingerprint density at radius 2 is 1.73 bits per heavy atom. The van der Waals surface area contributed by atoms with Gasteiger partial charge in [-0.1, -0.05) is 66.8 Å². The van der Waals surface area contributed by atoms with E-state index in [4.69, 9.17) is 4.74 Å². The third kappa shape index (κ3) is 10.4. The number of unbranched alkanes of at least 4 members (excludes halogenated alkanes) is 1. The highest BCUT2D eigenvalue weighted by Gasteiger charge is 2.44. The lowest BCUT2D eigenvalue weighted by atomic mass is 9.93. The van der Waals surface area contributed by atoms with E-state index in [2.05, 4.69) is 21.3 Å². The predicted molar refractivity (Wildman–Crippen MR) is 175 cm³/mol. The lowest BCUT2D eigenvalue weighted by molar-refractivity contribution is -0.141. The molecule has 44 heavy (non-hydrogen) atoms. The highest BCUT2D eigenvalue weighted by molar-refractivity contribution is 8.77. The van der Waals surface area contributed by atoms with Crippen molar-refractivity contribution < 1.29 is 28.7 Å². The minimum atomic E-state index is -1.14. The molecule has 0 radical (unpaired) electrons. The van der Waals surface area contributed by atoms with Crippen LogP contribution in [0, 0.1) is 5.92 Å². The maximum atomic E-state index is 13.7. The number of benzene rings is 1. The Bertz CT molecular complexity index is 1130. The van der Waals surface area contributed by atoms with E-state index in [0.29, 0.717) is 30.3 Å². The van der Waals surface area contributed by atoms with Crippen LogP contribution >= 0.6 is 21.6 Å². The average molecular weight is 649 g/mol. The molecule has 12 heteroatoms. The monoisotopic (exact) mass is 648 g/mol. The molecule has 10 nitrogen and oxygen atoms in total. The number of methoxy groups -OCH3 is 1. The van der Waals surface area contributed by atoms with E-state index in [1.54, 1.807) is 52.1 Å². The quantitative estimate of drug-likeness (QED) is 0.114. The standard InChI is InChI=1S/C32H48N4O6S2/c1-5-33-30(40)28(38)25(20-22-12-14-23(42-4)15-13-22)34-29(39)27(21(2)3)35-31(41)32(17-8-9-18-32)36-26(37)11-7-6-10-24-16-19-43-44-24/h12-15,21,24-25,27H,5-11,16-20H2,1-4H3,(H,33,40)(H,34,39)(H,35,41)(H,36,37)/t24?,25-,27-/m0/s1. The molecule has 4 N–H and O–H groups in total. The Labute approximate surface area is 269 Å². The molecule has 1 aliphatic carbocycles. The third-order valence-electron chi connectivity index (χ3n) is 8.21. The summed E-state index contributed by atoms with van der Waals surface area (Å²) in [4.78, 5) is 65.9. The maximum Gasteiger partial charge on any atom is 0.289 e. The Morgan fingerprint density at radius 3 is 2.32 bits per heavy atom. The van der Waals surface area contributed by atoms with Gasteiger partial charge in [-0.05, 0) is 62.6 Å². The number of Topliss-reactive ketones (excluding diaryl/α,β-unsaturated/α-hetero) is 1. The number of amides is 4. The number of hydrogen-bond acceptors (Lipinski definition) is 8. The van der Waals surface area contributed by atoms with Crippen LogP contribution in [-0.4, -0.2) is 71.7 Å². The molecule has 2 fully saturated rings. The zero-order chi connectivity index (χ0) is 32.1.